The second-order valence-electron chi connectivity index (χ2n) is 8.35. The molecule has 1 aliphatic rings. The molecule has 0 saturated carbocycles. The summed E-state index contributed by atoms with van der Waals surface area (Å²) in [6, 6.07) is 17.1. The fourth-order valence-electron chi connectivity index (χ4n) is 4.57. The molecule has 180 valence electrons. The van der Waals surface area contributed by atoms with Crippen LogP contribution in [-0.4, -0.2) is 57.3 Å². The lowest BCUT2D eigenvalue weighted by Gasteiger charge is -2.40. The Labute approximate surface area is 199 Å². The fraction of sp³-hybridized carbons (Fsp3) is 0.333. The van der Waals surface area contributed by atoms with Gasteiger partial charge in [0, 0.05) is 32.7 Å². The Morgan fingerprint density at radius 2 is 1.18 bits per heavy atom. The van der Waals surface area contributed by atoms with E-state index < -0.39 is 0 Å². The molecule has 0 amide bonds. The summed E-state index contributed by atoms with van der Waals surface area (Å²) in [6.07, 6.45) is 0. The summed E-state index contributed by atoms with van der Waals surface area (Å²) >= 11 is 0. The molecule has 0 unspecified atom stereocenters. The first kappa shape index (κ1) is 24.0. The minimum absolute atomic E-state index is 0.0653. The summed E-state index contributed by atoms with van der Waals surface area (Å²) in [5.74, 6) is 1.33. The quantitative estimate of drug-likeness (QED) is 0.470. The standard InChI is InChI=1S/C27H30F2N2O3/c1-32-24-16-19(17-25(33-2)27(24)34-3)18-30-12-14-31(15-13-30)26(20-4-8-22(28)9-5-20)21-6-10-23(29)11-7-21/h4-11,16-17,26H,12-15,18H2,1-3H3. The van der Waals surface area contributed by atoms with Gasteiger partial charge in [-0.3, -0.25) is 9.80 Å². The van der Waals surface area contributed by atoms with Crippen molar-refractivity contribution in [3.63, 3.8) is 0 Å². The fourth-order valence-corrected chi connectivity index (χ4v) is 4.57. The number of hydrogen-bond donors (Lipinski definition) is 0. The summed E-state index contributed by atoms with van der Waals surface area (Å²) in [6.45, 7) is 4.11. The van der Waals surface area contributed by atoms with Gasteiger partial charge in [0.2, 0.25) is 5.75 Å². The summed E-state index contributed by atoms with van der Waals surface area (Å²) in [7, 11) is 4.83. The minimum Gasteiger partial charge on any atom is -0.493 e. The molecule has 0 aliphatic carbocycles. The van der Waals surface area contributed by atoms with Gasteiger partial charge < -0.3 is 14.2 Å². The van der Waals surface area contributed by atoms with Crippen LogP contribution in [0.2, 0.25) is 0 Å². The molecule has 1 saturated heterocycles. The molecule has 1 heterocycles. The molecule has 0 radical (unpaired) electrons. The molecule has 34 heavy (non-hydrogen) atoms. The van der Waals surface area contributed by atoms with Gasteiger partial charge in [0.15, 0.2) is 11.5 Å². The van der Waals surface area contributed by atoms with Crippen molar-refractivity contribution in [1.82, 2.24) is 9.80 Å². The van der Waals surface area contributed by atoms with Gasteiger partial charge in [0.1, 0.15) is 11.6 Å². The van der Waals surface area contributed by atoms with E-state index >= 15 is 0 Å². The number of piperazine rings is 1. The third kappa shape index (κ3) is 5.32. The van der Waals surface area contributed by atoms with Crippen LogP contribution in [0.3, 0.4) is 0 Å². The second-order valence-corrected chi connectivity index (χ2v) is 8.35. The van der Waals surface area contributed by atoms with E-state index in [1.54, 1.807) is 21.3 Å². The molecule has 0 atom stereocenters. The monoisotopic (exact) mass is 468 g/mol. The predicted octanol–water partition coefficient (Wildman–Crippen LogP) is 4.90. The predicted molar refractivity (Wildman–Crippen MR) is 128 cm³/mol. The van der Waals surface area contributed by atoms with Crippen molar-refractivity contribution >= 4 is 0 Å². The summed E-state index contributed by atoms with van der Waals surface area (Å²) in [5, 5.41) is 0. The molecule has 1 fully saturated rings. The van der Waals surface area contributed by atoms with E-state index in [0.29, 0.717) is 17.2 Å². The van der Waals surface area contributed by atoms with E-state index in [9.17, 15) is 8.78 Å². The zero-order valence-electron chi connectivity index (χ0n) is 19.8. The molecule has 3 aromatic rings. The molecule has 0 N–H and O–H groups in total. The van der Waals surface area contributed by atoms with E-state index in [2.05, 4.69) is 9.80 Å². The molecular formula is C27H30F2N2O3. The number of halogens is 2. The Kier molecular flexibility index (Phi) is 7.65. The summed E-state index contributed by atoms with van der Waals surface area (Å²) in [5.41, 5.74) is 3.06. The number of benzene rings is 3. The number of methoxy groups -OCH3 is 3. The zero-order chi connectivity index (χ0) is 24.1. The van der Waals surface area contributed by atoms with Gasteiger partial charge in [0.25, 0.3) is 0 Å². The molecule has 1 aliphatic heterocycles. The van der Waals surface area contributed by atoms with Crippen molar-refractivity contribution in [1.29, 1.82) is 0 Å². The highest BCUT2D eigenvalue weighted by Crippen LogP contribution is 2.38. The van der Waals surface area contributed by atoms with Crippen molar-refractivity contribution in [2.75, 3.05) is 47.5 Å². The Bertz CT molecular complexity index is 1010. The summed E-state index contributed by atoms with van der Waals surface area (Å²) < 4.78 is 43.5. The lowest BCUT2D eigenvalue weighted by Crippen LogP contribution is -2.47. The number of hydrogen-bond acceptors (Lipinski definition) is 5. The zero-order valence-corrected chi connectivity index (χ0v) is 19.8. The van der Waals surface area contributed by atoms with Crippen LogP contribution in [0.4, 0.5) is 8.78 Å². The molecule has 7 heteroatoms. The van der Waals surface area contributed by atoms with Crippen LogP contribution in [0, 0.1) is 11.6 Å². The first-order chi connectivity index (χ1) is 16.5. The number of ether oxygens (including phenoxy) is 3. The van der Waals surface area contributed by atoms with Gasteiger partial charge >= 0.3 is 0 Å². The van der Waals surface area contributed by atoms with E-state index in [1.807, 2.05) is 36.4 Å². The molecule has 0 spiro atoms. The van der Waals surface area contributed by atoms with E-state index in [4.69, 9.17) is 14.2 Å². The average Bonchev–Trinajstić information content (AvgIpc) is 2.86. The molecule has 0 bridgehead atoms. The van der Waals surface area contributed by atoms with Crippen LogP contribution in [0.1, 0.15) is 22.7 Å². The largest absolute Gasteiger partial charge is 0.493 e. The molecule has 3 aromatic carbocycles. The smallest absolute Gasteiger partial charge is 0.203 e. The highest BCUT2D eigenvalue weighted by molar-refractivity contribution is 5.53. The maximum atomic E-state index is 13.6. The molecule has 0 aromatic heterocycles. The highest BCUT2D eigenvalue weighted by Gasteiger charge is 2.27. The number of nitrogens with zero attached hydrogens (tertiary/aromatic N) is 2. The van der Waals surface area contributed by atoms with Gasteiger partial charge in [-0.15, -0.1) is 0 Å². The minimum atomic E-state index is -0.267. The van der Waals surface area contributed by atoms with Gasteiger partial charge in [-0.1, -0.05) is 24.3 Å². The van der Waals surface area contributed by atoms with Gasteiger partial charge in [-0.05, 0) is 53.1 Å². The van der Waals surface area contributed by atoms with E-state index in [1.165, 1.54) is 24.3 Å². The van der Waals surface area contributed by atoms with Crippen molar-refractivity contribution < 1.29 is 23.0 Å². The van der Waals surface area contributed by atoms with E-state index in [-0.39, 0.29) is 17.7 Å². The van der Waals surface area contributed by atoms with Crippen molar-refractivity contribution in [2.24, 2.45) is 0 Å². The second kappa shape index (κ2) is 10.8. The van der Waals surface area contributed by atoms with Crippen molar-refractivity contribution in [3.8, 4) is 17.2 Å². The number of rotatable bonds is 8. The SMILES string of the molecule is COc1cc(CN2CCN(C(c3ccc(F)cc3)c3ccc(F)cc3)CC2)cc(OC)c1OC. The summed E-state index contributed by atoms with van der Waals surface area (Å²) in [4.78, 5) is 4.75. The van der Waals surface area contributed by atoms with Gasteiger partial charge in [0.05, 0.1) is 27.4 Å². The van der Waals surface area contributed by atoms with Crippen molar-refractivity contribution in [3.05, 3.63) is 89.0 Å². The Morgan fingerprint density at radius 1 is 0.706 bits per heavy atom. The van der Waals surface area contributed by atoms with Gasteiger partial charge in [-0.2, -0.15) is 0 Å². The van der Waals surface area contributed by atoms with Crippen LogP contribution in [0.25, 0.3) is 0 Å². The highest BCUT2D eigenvalue weighted by atomic mass is 19.1. The van der Waals surface area contributed by atoms with E-state index in [0.717, 1.165) is 49.4 Å². The average molecular weight is 469 g/mol. The first-order valence-corrected chi connectivity index (χ1v) is 11.3. The maximum absolute atomic E-state index is 13.6. The molecule has 4 rings (SSSR count). The van der Waals surface area contributed by atoms with Crippen LogP contribution >= 0.6 is 0 Å². The molecular weight excluding hydrogens is 438 g/mol. The normalized spacial score (nSPS) is 14.9. The van der Waals surface area contributed by atoms with Crippen LogP contribution in [0.15, 0.2) is 60.7 Å². The third-order valence-corrected chi connectivity index (χ3v) is 6.27. The Balaban J connectivity index is 1.50. The third-order valence-electron chi connectivity index (χ3n) is 6.27. The topological polar surface area (TPSA) is 34.2 Å². The lowest BCUT2D eigenvalue weighted by atomic mass is 9.96. The Hall–Kier alpha value is -3.16. The molecule has 5 nitrogen and oxygen atoms in total. The van der Waals surface area contributed by atoms with Gasteiger partial charge in [-0.25, -0.2) is 8.78 Å². The van der Waals surface area contributed by atoms with Crippen LogP contribution in [-0.2, 0) is 6.54 Å². The lowest BCUT2D eigenvalue weighted by molar-refractivity contribution is 0.104. The Morgan fingerprint density at radius 3 is 1.59 bits per heavy atom. The van der Waals surface area contributed by atoms with Crippen molar-refractivity contribution in [2.45, 2.75) is 12.6 Å². The van der Waals surface area contributed by atoms with Crippen LogP contribution < -0.4 is 14.2 Å². The van der Waals surface area contributed by atoms with Crippen LogP contribution in [0.5, 0.6) is 17.2 Å². The first-order valence-electron chi connectivity index (χ1n) is 11.3. The maximum Gasteiger partial charge on any atom is 0.203 e.